The molecule has 6 rings (SSSR count). The molecule has 1 spiro atoms. The van der Waals surface area contributed by atoms with E-state index < -0.39 is 34.2 Å². The molecule has 2 aromatic carbocycles. The van der Waals surface area contributed by atoms with Crippen molar-refractivity contribution in [1.82, 2.24) is 15.1 Å². The molecule has 0 saturated carbocycles. The van der Waals surface area contributed by atoms with Gasteiger partial charge in [-0.15, -0.1) is 6.58 Å². The lowest BCUT2D eigenvalue weighted by molar-refractivity contribution is -0.384. The molecule has 2 saturated heterocycles. The highest BCUT2D eigenvalue weighted by Gasteiger charge is 2.62. The zero-order chi connectivity index (χ0) is 26.6. The highest BCUT2D eigenvalue weighted by atomic mass is 16.7. The van der Waals surface area contributed by atoms with Crippen molar-refractivity contribution in [3.8, 4) is 11.5 Å². The fourth-order valence-corrected chi connectivity index (χ4v) is 5.97. The molecule has 2 fully saturated rings. The first-order chi connectivity index (χ1) is 18.3. The number of non-ortho nitro benzene ring substituents is 1. The van der Waals surface area contributed by atoms with Crippen molar-refractivity contribution in [3.63, 3.8) is 0 Å². The number of piperazine rings is 1. The van der Waals surface area contributed by atoms with Gasteiger partial charge in [0.1, 0.15) is 0 Å². The zero-order valence-corrected chi connectivity index (χ0v) is 20.4. The number of urea groups is 1. The van der Waals surface area contributed by atoms with Crippen LogP contribution in [0.15, 0.2) is 49.1 Å². The molecule has 0 aliphatic carbocycles. The largest absolute Gasteiger partial charge is 0.454 e. The number of nitro groups is 1. The summed E-state index contributed by atoms with van der Waals surface area (Å²) in [6.07, 6.45) is 1.36. The van der Waals surface area contributed by atoms with Crippen molar-refractivity contribution < 1.29 is 28.8 Å². The minimum Gasteiger partial charge on any atom is -0.454 e. The smallest absolute Gasteiger partial charge is 0.331 e. The summed E-state index contributed by atoms with van der Waals surface area (Å²) < 4.78 is 10.9. The van der Waals surface area contributed by atoms with Gasteiger partial charge in [-0.1, -0.05) is 12.1 Å². The van der Waals surface area contributed by atoms with E-state index >= 15 is 0 Å². The Bertz CT molecular complexity index is 1390. The van der Waals surface area contributed by atoms with E-state index in [4.69, 9.17) is 9.47 Å². The molecule has 0 radical (unpaired) electrons. The quantitative estimate of drug-likeness (QED) is 0.272. The molecular weight excluding hydrogens is 494 g/mol. The van der Waals surface area contributed by atoms with Gasteiger partial charge in [0.15, 0.2) is 16.9 Å². The maximum Gasteiger partial charge on any atom is 0.331 e. The van der Waals surface area contributed by atoms with E-state index in [1.807, 2.05) is 23.1 Å². The molecule has 4 aliphatic heterocycles. The second-order valence-corrected chi connectivity index (χ2v) is 9.81. The molecule has 4 heterocycles. The van der Waals surface area contributed by atoms with Crippen LogP contribution in [0.5, 0.6) is 11.5 Å². The normalized spacial score (nSPS) is 24.2. The van der Waals surface area contributed by atoms with Crippen LogP contribution >= 0.6 is 0 Å². The number of fused-ring (bicyclic) bond motifs is 5. The number of hydrogen-bond acceptors (Lipinski definition) is 9. The van der Waals surface area contributed by atoms with Crippen molar-refractivity contribution in [2.45, 2.75) is 19.0 Å². The molecule has 4 amide bonds. The van der Waals surface area contributed by atoms with Gasteiger partial charge in [0.05, 0.1) is 11.0 Å². The van der Waals surface area contributed by atoms with Gasteiger partial charge in [-0.3, -0.25) is 34.8 Å². The standard InChI is InChI=1S/C26H25N5O7/c1-2-7-30-24(33)26(23(32)27-25(30)34)12-17-11-18(31(35)36)4-5-19(17)29-9-8-28(14-22(26)29)13-16-3-6-20-21(10-16)38-15-37-20/h2-6,10-11,22H,1,7-9,12-15H2,(H,27,32,34)/t22-,26-/m0/s1. The van der Waals surface area contributed by atoms with Crippen LogP contribution in [0.2, 0.25) is 0 Å². The first-order valence-corrected chi connectivity index (χ1v) is 12.2. The van der Waals surface area contributed by atoms with E-state index in [1.165, 1.54) is 18.2 Å². The summed E-state index contributed by atoms with van der Waals surface area (Å²) in [4.78, 5) is 56.3. The average Bonchev–Trinajstić information content (AvgIpc) is 3.37. The monoisotopic (exact) mass is 519 g/mol. The molecule has 38 heavy (non-hydrogen) atoms. The van der Waals surface area contributed by atoms with Gasteiger partial charge in [0.25, 0.3) is 5.69 Å². The van der Waals surface area contributed by atoms with E-state index in [-0.39, 0.29) is 25.4 Å². The maximum absolute atomic E-state index is 14.0. The van der Waals surface area contributed by atoms with Gasteiger partial charge in [0.2, 0.25) is 18.6 Å². The van der Waals surface area contributed by atoms with Gasteiger partial charge < -0.3 is 14.4 Å². The third-order valence-electron chi connectivity index (χ3n) is 7.74. The first kappa shape index (κ1) is 23.9. The Morgan fingerprint density at radius 2 is 1.95 bits per heavy atom. The van der Waals surface area contributed by atoms with Crippen molar-refractivity contribution in [3.05, 3.63) is 70.3 Å². The number of carbonyl (C=O) groups excluding carboxylic acids is 3. The fraction of sp³-hybridized carbons (Fsp3) is 0.346. The summed E-state index contributed by atoms with van der Waals surface area (Å²) in [7, 11) is 0. The minimum absolute atomic E-state index is 0.0604. The number of imide groups is 2. The molecule has 4 aliphatic rings. The molecular formula is C26H25N5O7. The van der Waals surface area contributed by atoms with Gasteiger partial charge in [-0.25, -0.2) is 4.79 Å². The van der Waals surface area contributed by atoms with Gasteiger partial charge in [-0.2, -0.15) is 0 Å². The van der Waals surface area contributed by atoms with Crippen LogP contribution < -0.4 is 19.7 Å². The fourth-order valence-electron chi connectivity index (χ4n) is 5.97. The maximum atomic E-state index is 14.0. The van der Waals surface area contributed by atoms with E-state index in [0.717, 1.165) is 16.2 Å². The Kier molecular flexibility index (Phi) is 5.56. The second-order valence-electron chi connectivity index (χ2n) is 9.81. The first-order valence-electron chi connectivity index (χ1n) is 12.2. The Balaban J connectivity index is 1.39. The number of nitrogens with zero attached hydrogens (tertiary/aromatic N) is 4. The average molecular weight is 520 g/mol. The molecule has 1 N–H and O–H groups in total. The molecule has 0 unspecified atom stereocenters. The van der Waals surface area contributed by atoms with Crippen LogP contribution in [0.1, 0.15) is 11.1 Å². The SMILES string of the molecule is C=CCN1C(=O)NC(=O)[C@@]2(Cc3cc([N+](=O)[O-])ccc3N3CCN(Cc4ccc5c(c4)OCO5)C[C@H]32)C1=O. The van der Waals surface area contributed by atoms with Crippen molar-refractivity contribution in [2.24, 2.45) is 5.41 Å². The Labute approximate surface area is 217 Å². The number of nitro benzene ring substituents is 1. The second kappa shape index (κ2) is 8.84. The highest BCUT2D eigenvalue weighted by Crippen LogP contribution is 2.46. The van der Waals surface area contributed by atoms with Crippen molar-refractivity contribution in [2.75, 3.05) is 37.9 Å². The van der Waals surface area contributed by atoms with Gasteiger partial charge >= 0.3 is 6.03 Å². The van der Waals surface area contributed by atoms with Crippen molar-refractivity contribution in [1.29, 1.82) is 0 Å². The summed E-state index contributed by atoms with van der Waals surface area (Å²) >= 11 is 0. The van der Waals surface area contributed by atoms with Crippen LogP contribution in [0, 0.1) is 15.5 Å². The lowest BCUT2D eigenvalue weighted by Crippen LogP contribution is -2.75. The Morgan fingerprint density at radius 1 is 1.13 bits per heavy atom. The predicted octanol–water partition coefficient (Wildman–Crippen LogP) is 1.82. The summed E-state index contributed by atoms with van der Waals surface area (Å²) in [6, 6.07) is 8.86. The van der Waals surface area contributed by atoms with Crippen LogP contribution in [0.3, 0.4) is 0 Å². The highest BCUT2D eigenvalue weighted by molar-refractivity contribution is 6.20. The summed E-state index contributed by atoms with van der Waals surface area (Å²) in [5.41, 5.74) is 0.498. The third kappa shape index (κ3) is 3.59. The summed E-state index contributed by atoms with van der Waals surface area (Å²) in [5.74, 6) is 0.0475. The molecule has 0 bridgehead atoms. The van der Waals surface area contributed by atoms with Crippen LogP contribution in [0.25, 0.3) is 0 Å². The van der Waals surface area contributed by atoms with Crippen LogP contribution in [0.4, 0.5) is 16.2 Å². The zero-order valence-electron chi connectivity index (χ0n) is 20.4. The number of rotatable bonds is 5. The molecule has 2 atom stereocenters. The number of ether oxygens (including phenoxy) is 2. The van der Waals surface area contributed by atoms with Crippen LogP contribution in [-0.4, -0.2) is 71.6 Å². The summed E-state index contributed by atoms with van der Waals surface area (Å²) in [6.45, 7) is 5.78. The number of anilines is 1. The number of hydrogen-bond donors (Lipinski definition) is 1. The lowest BCUT2D eigenvalue weighted by atomic mass is 9.67. The third-order valence-corrected chi connectivity index (χ3v) is 7.74. The molecule has 0 aromatic heterocycles. The number of carbonyl (C=O) groups is 3. The van der Waals surface area contributed by atoms with Gasteiger partial charge in [0, 0.05) is 57.0 Å². The lowest BCUT2D eigenvalue weighted by Gasteiger charge is -2.55. The van der Waals surface area contributed by atoms with Crippen molar-refractivity contribution >= 4 is 29.2 Å². The van der Waals surface area contributed by atoms with Gasteiger partial charge in [-0.05, 0) is 29.3 Å². The number of benzene rings is 2. The molecule has 12 heteroatoms. The molecule has 12 nitrogen and oxygen atoms in total. The Morgan fingerprint density at radius 3 is 2.74 bits per heavy atom. The topological polar surface area (TPSA) is 135 Å². The number of amides is 4. The molecule has 196 valence electrons. The Hall–Kier alpha value is -4.45. The minimum atomic E-state index is -1.65. The van der Waals surface area contributed by atoms with E-state index in [2.05, 4.69) is 16.8 Å². The molecule has 2 aromatic rings. The number of nitrogens with one attached hydrogen (secondary N) is 1. The van der Waals surface area contributed by atoms with Crippen LogP contribution in [-0.2, 0) is 22.6 Å². The number of barbiturate groups is 1. The predicted molar refractivity (Wildman–Crippen MR) is 134 cm³/mol. The summed E-state index contributed by atoms with van der Waals surface area (Å²) in [5, 5.41) is 13.9. The van der Waals surface area contributed by atoms with E-state index in [0.29, 0.717) is 43.2 Å². The van der Waals surface area contributed by atoms with E-state index in [9.17, 15) is 24.5 Å². The van der Waals surface area contributed by atoms with E-state index in [1.54, 1.807) is 6.07 Å².